The maximum Gasteiger partial charge on any atom is 0.0700 e. The molecule has 0 unspecified atom stereocenters. The molecule has 1 heterocycles. The smallest absolute Gasteiger partial charge is 0.0700 e. The van der Waals surface area contributed by atoms with Crippen LogP contribution in [0.3, 0.4) is 0 Å². The van der Waals surface area contributed by atoms with Gasteiger partial charge in [0.2, 0.25) is 0 Å². The van der Waals surface area contributed by atoms with Crippen LogP contribution in [0.15, 0.2) is 0 Å². The second-order valence-electron chi connectivity index (χ2n) is 4.08. The van der Waals surface area contributed by atoms with E-state index in [4.69, 9.17) is 4.74 Å². The van der Waals surface area contributed by atoms with Crippen LogP contribution in [0.2, 0.25) is 0 Å². The van der Waals surface area contributed by atoms with Gasteiger partial charge in [0.1, 0.15) is 0 Å². The molecule has 1 N–H and O–H groups in total. The summed E-state index contributed by atoms with van der Waals surface area (Å²) in [6, 6.07) is 0.585. The molecule has 1 fully saturated rings. The molecule has 0 saturated carbocycles. The van der Waals surface area contributed by atoms with E-state index in [1.54, 1.807) is 0 Å². The zero-order chi connectivity index (χ0) is 9.68. The average Bonchev–Trinajstić information content (AvgIpc) is 2.45. The fraction of sp³-hybridized carbons (Fsp3) is 1.00. The largest absolute Gasteiger partial charge is 0.377 e. The lowest BCUT2D eigenvalue weighted by molar-refractivity contribution is 0.113. The van der Waals surface area contributed by atoms with E-state index in [0.29, 0.717) is 12.1 Å². The maximum atomic E-state index is 5.47. The Morgan fingerprint density at radius 1 is 1.46 bits per heavy atom. The molecule has 0 aromatic heterocycles. The van der Waals surface area contributed by atoms with Gasteiger partial charge in [0.15, 0.2) is 0 Å². The lowest BCUT2D eigenvalue weighted by Crippen LogP contribution is -2.36. The third-order valence-corrected chi connectivity index (χ3v) is 2.56. The molecule has 0 aromatic carbocycles. The minimum absolute atomic E-state index is 0.402. The van der Waals surface area contributed by atoms with Crippen LogP contribution in [0.1, 0.15) is 19.8 Å². The van der Waals surface area contributed by atoms with Crippen LogP contribution < -0.4 is 5.32 Å². The van der Waals surface area contributed by atoms with E-state index in [0.717, 1.165) is 19.7 Å². The van der Waals surface area contributed by atoms with Crippen LogP contribution in [0, 0.1) is 0 Å². The molecule has 0 aromatic rings. The quantitative estimate of drug-likeness (QED) is 0.640. The van der Waals surface area contributed by atoms with Gasteiger partial charge in [-0.2, -0.15) is 0 Å². The number of nitrogens with one attached hydrogen (secondary N) is 1. The van der Waals surface area contributed by atoms with Gasteiger partial charge in [-0.3, -0.25) is 0 Å². The van der Waals surface area contributed by atoms with Crippen LogP contribution in [-0.4, -0.2) is 50.8 Å². The van der Waals surface area contributed by atoms with E-state index in [-0.39, 0.29) is 0 Å². The summed E-state index contributed by atoms with van der Waals surface area (Å²) in [7, 11) is 4.22. The molecule has 0 spiro atoms. The molecule has 0 aliphatic carbocycles. The first-order valence-electron chi connectivity index (χ1n) is 5.20. The molecule has 13 heavy (non-hydrogen) atoms. The molecule has 1 saturated heterocycles. The molecule has 3 nitrogen and oxygen atoms in total. The van der Waals surface area contributed by atoms with Crippen molar-refractivity contribution in [3.8, 4) is 0 Å². The monoisotopic (exact) mass is 186 g/mol. The zero-order valence-corrected chi connectivity index (χ0v) is 9.05. The SMILES string of the molecule is C[C@@H]1OCC[C@H]1NCCCN(C)C. The van der Waals surface area contributed by atoms with E-state index >= 15 is 0 Å². The fourth-order valence-electron chi connectivity index (χ4n) is 1.68. The lowest BCUT2D eigenvalue weighted by atomic mass is 10.1. The standard InChI is InChI=1S/C10H22N2O/c1-9-10(5-8-13-9)11-6-4-7-12(2)3/h9-11H,4-8H2,1-3H3/t9-,10+/m0/s1. The van der Waals surface area contributed by atoms with Crippen LogP contribution in [0.25, 0.3) is 0 Å². The summed E-state index contributed by atoms with van der Waals surface area (Å²) in [6.07, 6.45) is 2.79. The third-order valence-electron chi connectivity index (χ3n) is 2.56. The number of nitrogens with zero attached hydrogens (tertiary/aromatic N) is 1. The number of hydrogen-bond donors (Lipinski definition) is 1. The van der Waals surface area contributed by atoms with Crippen molar-refractivity contribution >= 4 is 0 Å². The molecular formula is C10H22N2O. The molecule has 1 aliphatic heterocycles. The Kier molecular flexibility index (Phi) is 4.70. The van der Waals surface area contributed by atoms with E-state index in [1.807, 2.05) is 0 Å². The van der Waals surface area contributed by atoms with E-state index in [2.05, 4.69) is 31.2 Å². The highest BCUT2D eigenvalue weighted by molar-refractivity contribution is 4.78. The highest BCUT2D eigenvalue weighted by Crippen LogP contribution is 2.12. The van der Waals surface area contributed by atoms with Crippen molar-refractivity contribution in [2.45, 2.75) is 31.9 Å². The highest BCUT2D eigenvalue weighted by Gasteiger charge is 2.22. The minimum atomic E-state index is 0.402. The Morgan fingerprint density at radius 2 is 2.23 bits per heavy atom. The molecule has 2 atom stereocenters. The van der Waals surface area contributed by atoms with Crippen molar-refractivity contribution < 1.29 is 4.74 Å². The second kappa shape index (κ2) is 5.58. The van der Waals surface area contributed by atoms with Gasteiger partial charge in [-0.05, 0) is 47.0 Å². The molecule has 0 radical (unpaired) electrons. The van der Waals surface area contributed by atoms with Gasteiger partial charge in [0.05, 0.1) is 6.10 Å². The summed E-state index contributed by atoms with van der Waals surface area (Å²) < 4.78 is 5.47. The Labute approximate surface area is 81.4 Å². The van der Waals surface area contributed by atoms with Gasteiger partial charge in [-0.15, -0.1) is 0 Å². The Balaban J connectivity index is 1.99. The number of ether oxygens (including phenoxy) is 1. The second-order valence-corrected chi connectivity index (χ2v) is 4.08. The van der Waals surface area contributed by atoms with Crippen LogP contribution in [-0.2, 0) is 4.74 Å². The summed E-state index contributed by atoms with van der Waals surface area (Å²) in [6.45, 7) is 5.34. The first-order chi connectivity index (χ1) is 6.20. The molecule has 78 valence electrons. The van der Waals surface area contributed by atoms with Crippen molar-refractivity contribution in [1.29, 1.82) is 0 Å². The summed E-state index contributed by atoms with van der Waals surface area (Å²) in [5, 5.41) is 3.54. The first-order valence-corrected chi connectivity index (χ1v) is 5.20. The summed E-state index contributed by atoms with van der Waals surface area (Å²) >= 11 is 0. The summed E-state index contributed by atoms with van der Waals surface area (Å²) in [5.74, 6) is 0. The summed E-state index contributed by atoms with van der Waals surface area (Å²) in [5.41, 5.74) is 0. The molecule has 1 rings (SSSR count). The molecular weight excluding hydrogens is 164 g/mol. The van der Waals surface area contributed by atoms with Gasteiger partial charge < -0.3 is 15.0 Å². The zero-order valence-electron chi connectivity index (χ0n) is 9.05. The fourth-order valence-corrected chi connectivity index (χ4v) is 1.68. The third kappa shape index (κ3) is 4.07. The van der Waals surface area contributed by atoms with Gasteiger partial charge in [0, 0.05) is 12.6 Å². The van der Waals surface area contributed by atoms with Crippen molar-refractivity contribution in [1.82, 2.24) is 10.2 Å². The van der Waals surface area contributed by atoms with Gasteiger partial charge >= 0.3 is 0 Å². The highest BCUT2D eigenvalue weighted by atomic mass is 16.5. The average molecular weight is 186 g/mol. The maximum absolute atomic E-state index is 5.47. The van der Waals surface area contributed by atoms with Crippen LogP contribution >= 0.6 is 0 Å². The van der Waals surface area contributed by atoms with Crippen LogP contribution in [0.4, 0.5) is 0 Å². The number of rotatable bonds is 5. The Morgan fingerprint density at radius 3 is 2.77 bits per heavy atom. The Hall–Kier alpha value is -0.120. The normalized spacial score (nSPS) is 28.6. The van der Waals surface area contributed by atoms with Crippen molar-refractivity contribution in [3.63, 3.8) is 0 Å². The first kappa shape index (κ1) is 11.0. The molecule has 1 aliphatic rings. The van der Waals surface area contributed by atoms with Gasteiger partial charge in [-0.25, -0.2) is 0 Å². The Bertz CT molecular complexity index is 139. The minimum Gasteiger partial charge on any atom is -0.377 e. The topological polar surface area (TPSA) is 24.5 Å². The van der Waals surface area contributed by atoms with Crippen LogP contribution in [0.5, 0.6) is 0 Å². The van der Waals surface area contributed by atoms with E-state index < -0.39 is 0 Å². The molecule has 0 amide bonds. The number of hydrogen-bond acceptors (Lipinski definition) is 3. The van der Waals surface area contributed by atoms with Crippen molar-refractivity contribution in [2.75, 3.05) is 33.8 Å². The van der Waals surface area contributed by atoms with E-state index in [9.17, 15) is 0 Å². The van der Waals surface area contributed by atoms with Gasteiger partial charge in [0.25, 0.3) is 0 Å². The van der Waals surface area contributed by atoms with E-state index in [1.165, 1.54) is 12.8 Å². The summed E-state index contributed by atoms with van der Waals surface area (Å²) in [4.78, 5) is 2.22. The van der Waals surface area contributed by atoms with Crippen molar-refractivity contribution in [2.24, 2.45) is 0 Å². The van der Waals surface area contributed by atoms with Gasteiger partial charge in [-0.1, -0.05) is 0 Å². The molecule has 3 heteroatoms. The lowest BCUT2D eigenvalue weighted by Gasteiger charge is -2.16. The predicted octanol–water partition coefficient (Wildman–Crippen LogP) is 0.705. The predicted molar refractivity (Wildman–Crippen MR) is 55.0 cm³/mol. The van der Waals surface area contributed by atoms with Crippen molar-refractivity contribution in [3.05, 3.63) is 0 Å². The molecule has 0 bridgehead atoms.